The molecule has 96 valence electrons. The molecule has 4 nitrogen and oxygen atoms in total. The number of nitrogens with one attached hydrogen (secondary N) is 2. The Bertz CT molecular complexity index is 373. The number of amides is 1. The zero-order valence-electron chi connectivity index (χ0n) is 11.2. The molecule has 0 aliphatic carbocycles. The van der Waals surface area contributed by atoms with Crippen molar-refractivity contribution in [1.82, 2.24) is 15.6 Å². The number of carbonyl (C=O) groups excluding carboxylic acids is 1. The van der Waals surface area contributed by atoms with Crippen LogP contribution in [0.2, 0.25) is 0 Å². The summed E-state index contributed by atoms with van der Waals surface area (Å²) < 4.78 is 0. The number of aromatic nitrogens is 1. The summed E-state index contributed by atoms with van der Waals surface area (Å²) in [5.74, 6) is 0.0162. The second-order valence-corrected chi connectivity index (χ2v) is 6.44. The minimum atomic E-state index is -0.173. The molecule has 17 heavy (non-hydrogen) atoms. The van der Waals surface area contributed by atoms with Crippen molar-refractivity contribution in [2.24, 2.45) is 0 Å². The Morgan fingerprint density at radius 3 is 2.47 bits per heavy atom. The maximum atomic E-state index is 11.5. The molecule has 0 bridgehead atoms. The summed E-state index contributed by atoms with van der Waals surface area (Å²) in [5, 5.41) is 7.04. The molecule has 1 amide bonds. The Morgan fingerprint density at radius 2 is 2.00 bits per heavy atom. The topological polar surface area (TPSA) is 54.0 Å². The summed E-state index contributed by atoms with van der Waals surface area (Å²) in [6.45, 7) is 11.0. The SMILES string of the molecule is Cc1nc(CNCC(=O)NC(C)(C)C)sc1C. The van der Waals surface area contributed by atoms with Gasteiger partial charge in [0.2, 0.25) is 5.91 Å². The lowest BCUT2D eigenvalue weighted by Crippen LogP contribution is -2.44. The summed E-state index contributed by atoms with van der Waals surface area (Å²) >= 11 is 1.67. The number of hydrogen-bond acceptors (Lipinski definition) is 4. The summed E-state index contributed by atoms with van der Waals surface area (Å²) in [7, 11) is 0. The predicted molar refractivity (Wildman–Crippen MR) is 71.2 cm³/mol. The molecule has 0 aliphatic rings. The molecule has 2 N–H and O–H groups in total. The van der Waals surface area contributed by atoms with Gasteiger partial charge in [0.1, 0.15) is 5.01 Å². The van der Waals surface area contributed by atoms with Crippen LogP contribution in [0.3, 0.4) is 0 Å². The van der Waals surface area contributed by atoms with E-state index in [-0.39, 0.29) is 11.4 Å². The van der Waals surface area contributed by atoms with Crippen LogP contribution in [0.15, 0.2) is 0 Å². The first-order valence-corrected chi connectivity index (χ1v) is 6.54. The van der Waals surface area contributed by atoms with Crippen LogP contribution in [0.25, 0.3) is 0 Å². The minimum Gasteiger partial charge on any atom is -0.350 e. The quantitative estimate of drug-likeness (QED) is 0.862. The molecule has 0 spiro atoms. The number of thiazole rings is 1. The molecule has 0 atom stereocenters. The maximum absolute atomic E-state index is 11.5. The van der Waals surface area contributed by atoms with Gasteiger partial charge >= 0.3 is 0 Å². The van der Waals surface area contributed by atoms with E-state index in [0.717, 1.165) is 10.7 Å². The normalized spacial score (nSPS) is 11.6. The van der Waals surface area contributed by atoms with Gasteiger partial charge in [0.05, 0.1) is 12.2 Å². The van der Waals surface area contributed by atoms with E-state index in [1.165, 1.54) is 4.88 Å². The van der Waals surface area contributed by atoms with Gasteiger partial charge in [-0.05, 0) is 34.6 Å². The second kappa shape index (κ2) is 5.60. The Kier molecular flexibility index (Phi) is 4.65. The Hall–Kier alpha value is -0.940. The third-order valence-corrected chi connectivity index (χ3v) is 3.22. The van der Waals surface area contributed by atoms with Crippen LogP contribution in [0.4, 0.5) is 0 Å². The number of nitrogens with zero attached hydrogens (tertiary/aromatic N) is 1. The van der Waals surface area contributed by atoms with E-state index >= 15 is 0 Å². The number of carbonyl (C=O) groups is 1. The molecule has 1 aromatic rings. The van der Waals surface area contributed by atoms with E-state index in [1.54, 1.807) is 11.3 Å². The molecule has 0 saturated heterocycles. The van der Waals surface area contributed by atoms with Gasteiger partial charge < -0.3 is 10.6 Å². The summed E-state index contributed by atoms with van der Waals surface area (Å²) in [5.41, 5.74) is 0.901. The smallest absolute Gasteiger partial charge is 0.234 e. The fourth-order valence-electron chi connectivity index (χ4n) is 1.36. The van der Waals surface area contributed by atoms with Gasteiger partial charge in [-0.2, -0.15) is 0 Å². The fraction of sp³-hybridized carbons (Fsp3) is 0.667. The van der Waals surface area contributed by atoms with Crippen molar-refractivity contribution in [3.63, 3.8) is 0 Å². The molecule has 0 aliphatic heterocycles. The third kappa shape index (κ3) is 5.28. The third-order valence-electron chi connectivity index (χ3n) is 2.15. The van der Waals surface area contributed by atoms with E-state index in [2.05, 4.69) is 22.5 Å². The first kappa shape index (κ1) is 14.1. The van der Waals surface area contributed by atoms with Gasteiger partial charge in [-0.1, -0.05) is 0 Å². The van der Waals surface area contributed by atoms with Gasteiger partial charge in [-0.25, -0.2) is 4.98 Å². The number of rotatable bonds is 4. The standard InChI is InChI=1S/C12H21N3OS/c1-8-9(2)17-11(14-8)7-13-6-10(16)15-12(3,4)5/h13H,6-7H2,1-5H3,(H,15,16). The van der Waals surface area contributed by atoms with Crippen molar-refractivity contribution in [3.8, 4) is 0 Å². The highest BCUT2D eigenvalue weighted by molar-refractivity contribution is 7.11. The van der Waals surface area contributed by atoms with Crippen LogP contribution < -0.4 is 10.6 Å². The minimum absolute atomic E-state index is 0.0162. The highest BCUT2D eigenvalue weighted by Crippen LogP contribution is 2.15. The summed E-state index contributed by atoms with van der Waals surface area (Å²) in [6.07, 6.45) is 0. The van der Waals surface area contributed by atoms with E-state index in [1.807, 2.05) is 27.7 Å². The average Bonchev–Trinajstić information content (AvgIpc) is 2.43. The van der Waals surface area contributed by atoms with Crippen LogP contribution in [0, 0.1) is 13.8 Å². The molecule has 1 aromatic heterocycles. The molecule has 0 saturated carbocycles. The fourth-order valence-corrected chi connectivity index (χ4v) is 2.26. The largest absolute Gasteiger partial charge is 0.350 e. The van der Waals surface area contributed by atoms with Gasteiger partial charge in [0, 0.05) is 17.0 Å². The Balaban J connectivity index is 2.31. The van der Waals surface area contributed by atoms with Crippen LogP contribution in [-0.4, -0.2) is 23.0 Å². The zero-order chi connectivity index (χ0) is 13.1. The van der Waals surface area contributed by atoms with Crippen LogP contribution >= 0.6 is 11.3 Å². The van der Waals surface area contributed by atoms with Crippen LogP contribution in [-0.2, 0) is 11.3 Å². The molecule has 1 rings (SSSR count). The zero-order valence-corrected chi connectivity index (χ0v) is 12.0. The summed E-state index contributed by atoms with van der Waals surface area (Å²) in [4.78, 5) is 17.2. The molecule has 0 fully saturated rings. The molecule has 0 radical (unpaired) electrons. The number of aryl methyl sites for hydroxylation is 2. The second-order valence-electron chi connectivity index (χ2n) is 5.15. The monoisotopic (exact) mass is 255 g/mol. The molecule has 0 unspecified atom stereocenters. The highest BCUT2D eigenvalue weighted by atomic mass is 32.1. The van der Waals surface area contributed by atoms with E-state index < -0.39 is 0 Å². The average molecular weight is 255 g/mol. The summed E-state index contributed by atoms with van der Waals surface area (Å²) in [6, 6.07) is 0. The molecule has 0 aromatic carbocycles. The van der Waals surface area contributed by atoms with Crippen LogP contribution in [0.1, 0.15) is 36.3 Å². The van der Waals surface area contributed by atoms with Crippen molar-refractivity contribution in [2.45, 2.75) is 46.7 Å². The molecule has 5 heteroatoms. The lowest BCUT2D eigenvalue weighted by atomic mass is 10.1. The predicted octanol–water partition coefficient (Wildman–Crippen LogP) is 1.76. The van der Waals surface area contributed by atoms with Gasteiger partial charge in [-0.15, -0.1) is 11.3 Å². The Labute approximate surface area is 107 Å². The van der Waals surface area contributed by atoms with Gasteiger partial charge in [-0.3, -0.25) is 4.79 Å². The first-order chi connectivity index (χ1) is 7.78. The highest BCUT2D eigenvalue weighted by Gasteiger charge is 2.13. The van der Waals surface area contributed by atoms with Crippen molar-refractivity contribution < 1.29 is 4.79 Å². The molecule has 1 heterocycles. The van der Waals surface area contributed by atoms with Crippen molar-refractivity contribution in [1.29, 1.82) is 0 Å². The van der Waals surface area contributed by atoms with Crippen LogP contribution in [0.5, 0.6) is 0 Å². The number of hydrogen-bond donors (Lipinski definition) is 2. The first-order valence-electron chi connectivity index (χ1n) is 5.72. The van der Waals surface area contributed by atoms with E-state index in [4.69, 9.17) is 0 Å². The van der Waals surface area contributed by atoms with E-state index in [0.29, 0.717) is 13.1 Å². The maximum Gasteiger partial charge on any atom is 0.234 e. The lowest BCUT2D eigenvalue weighted by molar-refractivity contribution is -0.121. The lowest BCUT2D eigenvalue weighted by Gasteiger charge is -2.20. The van der Waals surface area contributed by atoms with Crippen molar-refractivity contribution >= 4 is 17.2 Å². The van der Waals surface area contributed by atoms with Gasteiger partial charge in [0.25, 0.3) is 0 Å². The molecular formula is C12H21N3OS. The Morgan fingerprint density at radius 1 is 1.35 bits per heavy atom. The van der Waals surface area contributed by atoms with Crippen molar-refractivity contribution in [2.75, 3.05) is 6.54 Å². The van der Waals surface area contributed by atoms with E-state index in [9.17, 15) is 4.79 Å². The van der Waals surface area contributed by atoms with Crippen molar-refractivity contribution in [3.05, 3.63) is 15.6 Å². The molecular weight excluding hydrogens is 234 g/mol. The van der Waals surface area contributed by atoms with Gasteiger partial charge in [0.15, 0.2) is 0 Å².